The number of ether oxygens (including phenoxy) is 3. The van der Waals surface area contributed by atoms with Gasteiger partial charge in [0.25, 0.3) is 0 Å². The van der Waals surface area contributed by atoms with Gasteiger partial charge < -0.3 is 25.3 Å². The second-order valence-electron chi connectivity index (χ2n) is 5.05. The Bertz CT molecular complexity index is 856. The van der Waals surface area contributed by atoms with E-state index in [1.54, 1.807) is 32.4 Å². The van der Waals surface area contributed by atoms with Crippen LogP contribution < -0.4 is 25.3 Å². The van der Waals surface area contributed by atoms with E-state index in [1.807, 2.05) is 30.3 Å². The largest absolute Gasteiger partial charge is 0.497 e. The Hall–Kier alpha value is -3.48. The van der Waals surface area contributed by atoms with Gasteiger partial charge in [-0.05, 0) is 24.3 Å². The number of nitrogens with zero attached hydrogens (tertiary/aromatic N) is 2. The summed E-state index contributed by atoms with van der Waals surface area (Å²) in [6, 6.07) is 14.7. The van der Waals surface area contributed by atoms with Crippen molar-refractivity contribution in [3.05, 3.63) is 54.9 Å². The van der Waals surface area contributed by atoms with Crippen LogP contribution in [0, 0.1) is 0 Å². The molecule has 0 saturated heterocycles. The standard InChI is InChI=1S/C18H18N4O3/c1-23-13-8-9-15(24-2)14(10-13)22-17-16(19)18(21-11-20-17)25-12-6-4-3-5-7-12/h3-11H,19H2,1-2H3,(H,20,21,22). The highest BCUT2D eigenvalue weighted by Gasteiger charge is 2.13. The van der Waals surface area contributed by atoms with Crippen molar-refractivity contribution in [1.29, 1.82) is 0 Å². The van der Waals surface area contributed by atoms with Crippen LogP contribution in [0.15, 0.2) is 54.9 Å². The average molecular weight is 338 g/mol. The minimum Gasteiger partial charge on any atom is -0.497 e. The third-order valence-corrected chi connectivity index (χ3v) is 3.46. The van der Waals surface area contributed by atoms with Crippen molar-refractivity contribution in [2.24, 2.45) is 0 Å². The van der Waals surface area contributed by atoms with Gasteiger partial charge in [0.05, 0.1) is 19.9 Å². The highest BCUT2D eigenvalue weighted by molar-refractivity contribution is 5.75. The molecule has 0 spiro atoms. The number of anilines is 3. The predicted octanol–water partition coefficient (Wildman–Crippen LogP) is 3.61. The molecular formula is C18H18N4O3. The molecule has 0 fully saturated rings. The van der Waals surface area contributed by atoms with E-state index >= 15 is 0 Å². The minimum absolute atomic E-state index is 0.269. The summed E-state index contributed by atoms with van der Waals surface area (Å²) in [5, 5.41) is 3.13. The molecule has 3 rings (SSSR count). The van der Waals surface area contributed by atoms with E-state index < -0.39 is 0 Å². The maximum atomic E-state index is 6.16. The number of hydrogen-bond acceptors (Lipinski definition) is 7. The van der Waals surface area contributed by atoms with Crippen LogP contribution in [-0.4, -0.2) is 24.2 Å². The first-order chi connectivity index (χ1) is 12.2. The number of nitrogens with one attached hydrogen (secondary N) is 1. The fourth-order valence-corrected chi connectivity index (χ4v) is 2.20. The van der Waals surface area contributed by atoms with Gasteiger partial charge in [0, 0.05) is 6.07 Å². The minimum atomic E-state index is 0.269. The van der Waals surface area contributed by atoms with E-state index in [4.69, 9.17) is 19.9 Å². The van der Waals surface area contributed by atoms with Crippen molar-refractivity contribution in [2.45, 2.75) is 0 Å². The Morgan fingerprint density at radius 3 is 2.44 bits per heavy atom. The average Bonchev–Trinajstić information content (AvgIpc) is 2.65. The zero-order valence-electron chi connectivity index (χ0n) is 13.9. The lowest BCUT2D eigenvalue weighted by Crippen LogP contribution is -2.04. The third kappa shape index (κ3) is 3.72. The van der Waals surface area contributed by atoms with Gasteiger partial charge in [0.15, 0.2) is 5.82 Å². The zero-order chi connectivity index (χ0) is 17.6. The highest BCUT2D eigenvalue weighted by Crippen LogP contribution is 2.35. The lowest BCUT2D eigenvalue weighted by atomic mass is 10.2. The maximum Gasteiger partial charge on any atom is 0.248 e. The van der Waals surface area contributed by atoms with Crippen LogP contribution in [0.4, 0.5) is 17.2 Å². The van der Waals surface area contributed by atoms with Gasteiger partial charge >= 0.3 is 0 Å². The van der Waals surface area contributed by atoms with Gasteiger partial charge in [-0.1, -0.05) is 18.2 Å². The molecule has 0 bridgehead atoms. The monoisotopic (exact) mass is 338 g/mol. The number of para-hydroxylation sites is 1. The number of hydrogen-bond donors (Lipinski definition) is 2. The van der Waals surface area contributed by atoms with Crippen LogP contribution in [0.3, 0.4) is 0 Å². The Morgan fingerprint density at radius 1 is 0.920 bits per heavy atom. The molecule has 7 nitrogen and oxygen atoms in total. The van der Waals surface area contributed by atoms with Crippen LogP contribution in [0.2, 0.25) is 0 Å². The quantitative estimate of drug-likeness (QED) is 0.709. The van der Waals surface area contributed by atoms with Crippen LogP contribution in [0.1, 0.15) is 0 Å². The number of benzene rings is 2. The predicted molar refractivity (Wildman–Crippen MR) is 95.8 cm³/mol. The first-order valence-electron chi connectivity index (χ1n) is 7.53. The summed E-state index contributed by atoms with van der Waals surface area (Å²) in [7, 11) is 3.18. The van der Waals surface area contributed by atoms with Gasteiger partial charge in [-0.3, -0.25) is 0 Å². The van der Waals surface area contributed by atoms with Crippen molar-refractivity contribution in [3.63, 3.8) is 0 Å². The lowest BCUT2D eigenvalue weighted by Gasteiger charge is -2.14. The van der Waals surface area contributed by atoms with E-state index in [0.717, 1.165) is 0 Å². The summed E-state index contributed by atoms with van der Waals surface area (Å²) in [6.07, 6.45) is 1.38. The van der Waals surface area contributed by atoms with Gasteiger partial charge in [-0.2, -0.15) is 4.98 Å². The molecule has 7 heteroatoms. The first-order valence-corrected chi connectivity index (χ1v) is 7.53. The van der Waals surface area contributed by atoms with E-state index in [-0.39, 0.29) is 11.6 Å². The Labute approximate surface area is 145 Å². The molecule has 3 N–H and O–H groups in total. The molecule has 0 saturated carbocycles. The summed E-state index contributed by atoms with van der Waals surface area (Å²) >= 11 is 0. The molecule has 1 aromatic heterocycles. The summed E-state index contributed by atoms with van der Waals surface area (Å²) in [5.74, 6) is 2.62. The van der Waals surface area contributed by atoms with Crippen molar-refractivity contribution < 1.29 is 14.2 Å². The molecule has 3 aromatic rings. The van der Waals surface area contributed by atoms with Crippen molar-refractivity contribution in [3.8, 4) is 23.1 Å². The molecule has 2 aromatic carbocycles. The van der Waals surface area contributed by atoms with E-state index in [1.165, 1.54) is 6.33 Å². The van der Waals surface area contributed by atoms with E-state index in [9.17, 15) is 0 Å². The van der Waals surface area contributed by atoms with Gasteiger partial charge in [-0.25, -0.2) is 4.98 Å². The molecule has 128 valence electrons. The fraction of sp³-hybridized carbons (Fsp3) is 0.111. The summed E-state index contributed by atoms with van der Waals surface area (Å²) < 4.78 is 16.3. The number of nitrogens with two attached hydrogens (primary N) is 1. The highest BCUT2D eigenvalue weighted by atomic mass is 16.5. The molecule has 0 unspecified atom stereocenters. The Kier molecular flexibility index (Phi) is 4.84. The fourth-order valence-electron chi connectivity index (χ4n) is 2.20. The molecule has 25 heavy (non-hydrogen) atoms. The second kappa shape index (κ2) is 7.39. The van der Waals surface area contributed by atoms with Crippen LogP contribution in [0.5, 0.6) is 23.1 Å². The smallest absolute Gasteiger partial charge is 0.248 e. The van der Waals surface area contributed by atoms with E-state index in [2.05, 4.69) is 15.3 Å². The Balaban J connectivity index is 1.90. The summed E-state index contributed by atoms with van der Waals surface area (Å²) in [6.45, 7) is 0. The molecule has 0 aliphatic carbocycles. The molecule has 0 amide bonds. The van der Waals surface area contributed by atoms with Gasteiger partial charge in [0.1, 0.15) is 29.3 Å². The summed E-state index contributed by atoms with van der Waals surface area (Å²) in [4.78, 5) is 8.28. The summed E-state index contributed by atoms with van der Waals surface area (Å²) in [5.41, 5.74) is 7.11. The lowest BCUT2D eigenvalue weighted by molar-refractivity contribution is 0.405. The number of aromatic nitrogens is 2. The molecule has 0 atom stereocenters. The zero-order valence-corrected chi connectivity index (χ0v) is 13.9. The van der Waals surface area contributed by atoms with Crippen LogP contribution >= 0.6 is 0 Å². The second-order valence-corrected chi connectivity index (χ2v) is 5.05. The molecule has 0 aliphatic rings. The number of rotatable bonds is 6. The maximum absolute atomic E-state index is 6.16. The van der Waals surface area contributed by atoms with Crippen molar-refractivity contribution >= 4 is 17.2 Å². The molecule has 0 radical (unpaired) electrons. The number of nitrogen functional groups attached to an aromatic ring is 1. The van der Waals surface area contributed by atoms with Gasteiger partial charge in [0.2, 0.25) is 5.88 Å². The molecule has 1 heterocycles. The van der Waals surface area contributed by atoms with Crippen molar-refractivity contribution in [2.75, 3.05) is 25.3 Å². The first kappa shape index (κ1) is 16.4. The van der Waals surface area contributed by atoms with Crippen LogP contribution in [-0.2, 0) is 0 Å². The number of methoxy groups -OCH3 is 2. The van der Waals surface area contributed by atoms with Crippen molar-refractivity contribution in [1.82, 2.24) is 9.97 Å². The molecular weight excluding hydrogens is 320 g/mol. The van der Waals surface area contributed by atoms with E-state index in [0.29, 0.717) is 28.8 Å². The normalized spacial score (nSPS) is 10.2. The molecule has 0 aliphatic heterocycles. The SMILES string of the molecule is COc1ccc(OC)c(Nc2ncnc(Oc3ccccc3)c2N)c1. The Morgan fingerprint density at radius 2 is 1.72 bits per heavy atom. The topological polar surface area (TPSA) is 91.5 Å². The van der Waals surface area contributed by atoms with Crippen LogP contribution in [0.25, 0.3) is 0 Å². The van der Waals surface area contributed by atoms with Gasteiger partial charge in [-0.15, -0.1) is 0 Å². The third-order valence-electron chi connectivity index (χ3n) is 3.46.